The number of ketones is 1. The maximum atomic E-state index is 12.2. The molecule has 0 radical (unpaired) electrons. The number of carbonyl (C=O) groups excluding carboxylic acids is 1. The van der Waals surface area contributed by atoms with Gasteiger partial charge in [-0.3, -0.25) is 9.48 Å². The molecule has 16 heavy (non-hydrogen) atoms. The number of rotatable bonds is 2. The Morgan fingerprint density at radius 2 is 1.94 bits per heavy atom. The zero-order chi connectivity index (χ0) is 11.7. The number of carbonyl (C=O) groups is 1. The first kappa shape index (κ1) is 10.6. The molecule has 0 spiro atoms. The van der Waals surface area contributed by atoms with Crippen LogP contribution in [0.2, 0.25) is 0 Å². The van der Waals surface area contributed by atoms with Crippen LogP contribution in [0.1, 0.15) is 27.3 Å². The van der Waals surface area contributed by atoms with Gasteiger partial charge in [0, 0.05) is 12.6 Å². The third kappa shape index (κ3) is 1.76. The molecular weight excluding hydrogens is 200 g/mol. The largest absolute Gasteiger partial charge is 0.287 e. The second-order valence-corrected chi connectivity index (χ2v) is 3.94. The van der Waals surface area contributed by atoms with E-state index in [1.165, 1.54) is 0 Å². The Balaban J connectivity index is 2.47. The molecule has 2 aromatic rings. The minimum Gasteiger partial charge on any atom is -0.287 e. The van der Waals surface area contributed by atoms with Gasteiger partial charge in [0.1, 0.15) is 5.69 Å². The van der Waals surface area contributed by atoms with Crippen molar-refractivity contribution in [2.45, 2.75) is 13.8 Å². The molecule has 0 saturated heterocycles. The molecule has 82 valence electrons. The fraction of sp³-hybridized carbons (Fsp3) is 0.231. The Kier molecular flexibility index (Phi) is 2.60. The lowest BCUT2D eigenvalue weighted by Gasteiger charge is -2.04. The van der Waals surface area contributed by atoms with Gasteiger partial charge >= 0.3 is 0 Å². The minimum absolute atomic E-state index is 0.0289. The summed E-state index contributed by atoms with van der Waals surface area (Å²) >= 11 is 0. The zero-order valence-corrected chi connectivity index (χ0v) is 9.69. The summed E-state index contributed by atoms with van der Waals surface area (Å²) in [4.78, 5) is 12.2. The molecule has 0 fully saturated rings. The van der Waals surface area contributed by atoms with E-state index in [-0.39, 0.29) is 5.78 Å². The van der Waals surface area contributed by atoms with Gasteiger partial charge in [0.25, 0.3) is 0 Å². The van der Waals surface area contributed by atoms with Crippen molar-refractivity contribution >= 4 is 5.78 Å². The Labute approximate surface area is 94.7 Å². The van der Waals surface area contributed by atoms with Gasteiger partial charge in [-0.15, -0.1) is 0 Å². The topological polar surface area (TPSA) is 34.9 Å². The molecule has 1 aromatic heterocycles. The van der Waals surface area contributed by atoms with Gasteiger partial charge in [0.15, 0.2) is 0 Å². The van der Waals surface area contributed by atoms with Crippen LogP contribution in [0.15, 0.2) is 30.3 Å². The van der Waals surface area contributed by atoms with Gasteiger partial charge in [0.05, 0.1) is 5.69 Å². The van der Waals surface area contributed by atoms with E-state index in [0.717, 1.165) is 16.8 Å². The normalized spacial score (nSPS) is 10.4. The van der Waals surface area contributed by atoms with E-state index < -0.39 is 0 Å². The molecule has 0 amide bonds. The molecule has 1 heterocycles. The van der Waals surface area contributed by atoms with Crippen LogP contribution in [0.5, 0.6) is 0 Å². The van der Waals surface area contributed by atoms with E-state index in [2.05, 4.69) is 5.10 Å². The van der Waals surface area contributed by atoms with Gasteiger partial charge in [-0.2, -0.15) is 5.10 Å². The molecule has 1 aromatic carbocycles. The maximum absolute atomic E-state index is 12.2. The lowest BCUT2D eigenvalue weighted by atomic mass is 10.0. The van der Waals surface area contributed by atoms with Crippen molar-refractivity contribution in [3.05, 3.63) is 52.8 Å². The van der Waals surface area contributed by atoms with Crippen LogP contribution < -0.4 is 0 Å². The standard InChI is InChI=1S/C13H14N2O/c1-9-6-4-5-7-11(9)13(16)12-8-10(2)14-15(12)3/h4-8H,1-3H3. The number of aryl methyl sites for hydroxylation is 3. The van der Waals surface area contributed by atoms with E-state index in [0.29, 0.717) is 5.69 Å². The van der Waals surface area contributed by atoms with Crippen molar-refractivity contribution in [3.8, 4) is 0 Å². The molecule has 2 rings (SSSR count). The van der Waals surface area contributed by atoms with E-state index in [9.17, 15) is 4.79 Å². The summed E-state index contributed by atoms with van der Waals surface area (Å²) in [7, 11) is 1.79. The van der Waals surface area contributed by atoms with E-state index >= 15 is 0 Å². The van der Waals surface area contributed by atoms with Crippen LogP contribution >= 0.6 is 0 Å². The molecule has 0 atom stereocenters. The summed E-state index contributed by atoms with van der Waals surface area (Å²) in [6, 6.07) is 9.41. The van der Waals surface area contributed by atoms with Crippen LogP contribution in [0.25, 0.3) is 0 Å². The summed E-state index contributed by atoms with van der Waals surface area (Å²) in [6.07, 6.45) is 0. The summed E-state index contributed by atoms with van der Waals surface area (Å²) in [6.45, 7) is 3.82. The number of nitrogens with zero attached hydrogens (tertiary/aromatic N) is 2. The second-order valence-electron chi connectivity index (χ2n) is 3.94. The molecule has 0 aliphatic rings. The predicted molar refractivity (Wildman–Crippen MR) is 62.6 cm³/mol. The van der Waals surface area contributed by atoms with Gasteiger partial charge in [-0.25, -0.2) is 0 Å². The molecule has 0 aliphatic carbocycles. The minimum atomic E-state index is 0.0289. The average molecular weight is 214 g/mol. The van der Waals surface area contributed by atoms with Crippen LogP contribution in [-0.4, -0.2) is 15.6 Å². The fourth-order valence-corrected chi connectivity index (χ4v) is 1.79. The van der Waals surface area contributed by atoms with E-state index in [1.807, 2.05) is 44.2 Å². The molecule has 0 aliphatic heterocycles. The maximum Gasteiger partial charge on any atom is 0.211 e. The Bertz CT molecular complexity index is 541. The summed E-state index contributed by atoms with van der Waals surface area (Å²) in [5.74, 6) is 0.0289. The van der Waals surface area contributed by atoms with Gasteiger partial charge in [-0.1, -0.05) is 24.3 Å². The number of aromatic nitrogens is 2. The third-order valence-electron chi connectivity index (χ3n) is 2.62. The van der Waals surface area contributed by atoms with Gasteiger partial charge in [0.2, 0.25) is 5.78 Å². The van der Waals surface area contributed by atoms with Crippen LogP contribution in [0.4, 0.5) is 0 Å². The number of hydrogen-bond acceptors (Lipinski definition) is 2. The first-order valence-corrected chi connectivity index (χ1v) is 5.20. The predicted octanol–water partition coefficient (Wildman–Crippen LogP) is 2.27. The lowest BCUT2D eigenvalue weighted by Crippen LogP contribution is -2.09. The SMILES string of the molecule is Cc1cc(C(=O)c2ccccc2C)n(C)n1. The summed E-state index contributed by atoms with van der Waals surface area (Å²) in [5.41, 5.74) is 3.23. The molecule has 0 saturated carbocycles. The lowest BCUT2D eigenvalue weighted by molar-refractivity contribution is 0.102. The second kappa shape index (κ2) is 3.93. The highest BCUT2D eigenvalue weighted by atomic mass is 16.1. The molecular formula is C13H14N2O. The average Bonchev–Trinajstić information content (AvgIpc) is 2.58. The van der Waals surface area contributed by atoms with Crippen molar-refractivity contribution < 1.29 is 4.79 Å². The quantitative estimate of drug-likeness (QED) is 0.719. The van der Waals surface area contributed by atoms with Gasteiger partial charge in [-0.05, 0) is 25.5 Å². The number of hydrogen-bond donors (Lipinski definition) is 0. The van der Waals surface area contributed by atoms with E-state index in [1.54, 1.807) is 11.7 Å². The summed E-state index contributed by atoms with van der Waals surface area (Å²) in [5, 5.41) is 4.18. The van der Waals surface area contributed by atoms with Crippen LogP contribution in [-0.2, 0) is 7.05 Å². The first-order valence-electron chi connectivity index (χ1n) is 5.20. The van der Waals surface area contributed by atoms with Crippen molar-refractivity contribution in [1.29, 1.82) is 0 Å². The van der Waals surface area contributed by atoms with Crippen molar-refractivity contribution in [2.75, 3.05) is 0 Å². The highest BCUT2D eigenvalue weighted by Crippen LogP contribution is 2.14. The van der Waals surface area contributed by atoms with Crippen molar-refractivity contribution in [2.24, 2.45) is 7.05 Å². The third-order valence-corrected chi connectivity index (χ3v) is 2.62. The Hall–Kier alpha value is -1.90. The van der Waals surface area contributed by atoms with Crippen LogP contribution in [0, 0.1) is 13.8 Å². The Morgan fingerprint density at radius 3 is 2.50 bits per heavy atom. The van der Waals surface area contributed by atoms with Gasteiger partial charge < -0.3 is 0 Å². The highest BCUT2D eigenvalue weighted by molar-refractivity contribution is 6.08. The zero-order valence-electron chi connectivity index (χ0n) is 9.69. The molecule has 0 unspecified atom stereocenters. The smallest absolute Gasteiger partial charge is 0.211 e. The van der Waals surface area contributed by atoms with Crippen molar-refractivity contribution in [1.82, 2.24) is 9.78 Å². The first-order chi connectivity index (χ1) is 7.59. The van der Waals surface area contributed by atoms with Crippen LogP contribution in [0.3, 0.4) is 0 Å². The molecule has 0 N–H and O–H groups in total. The number of benzene rings is 1. The molecule has 3 nitrogen and oxygen atoms in total. The fourth-order valence-electron chi connectivity index (χ4n) is 1.79. The van der Waals surface area contributed by atoms with Crippen molar-refractivity contribution in [3.63, 3.8) is 0 Å². The molecule has 0 bridgehead atoms. The monoisotopic (exact) mass is 214 g/mol. The van der Waals surface area contributed by atoms with E-state index in [4.69, 9.17) is 0 Å². The molecule has 3 heteroatoms. The highest BCUT2D eigenvalue weighted by Gasteiger charge is 2.15. The Morgan fingerprint density at radius 1 is 1.25 bits per heavy atom. The summed E-state index contributed by atoms with van der Waals surface area (Å²) < 4.78 is 1.63.